The summed E-state index contributed by atoms with van der Waals surface area (Å²) >= 11 is 6.34. The Kier molecular flexibility index (Phi) is 5.58. The molecule has 7 heteroatoms. The maximum absolute atomic E-state index is 10.9. The van der Waals surface area contributed by atoms with Gasteiger partial charge >= 0.3 is 0 Å². The maximum atomic E-state index is 10.9. The monoisotopic (exact) mass is 353 g/mol. The van der Waals surface area contributed by atoms with Gasteiger partial charge in [-0.2, -0.15) is 0 Å². The van der Waals surface area contributed by atoms with E-state index in [0.717, 1.165) is 70.0 Å². The van der Waals surface area contributed by atoms with Crippen LogP contribution in [-0.2, 0) is 4.74 Å². The standard InChI is InChI=1S/C17H24ClN3O3/c1-13-10-15(21(22)23)11-16(18)17(13)20-4-2-14(3-5-20)12-19-6-8-24-9-7-19/h10-11,14H,2-9,12H2,1H3. The molecule has 0 aromatic heterocycles. The largest absolute Gasteiger partial charge is 0.379 e. The summed E-state index contributed by atoms with van der Waals surface area (Å²) in [6, 6.07) is 3.07. The molecule has 1 aromatic rings. The lowest BCUT2D eigenvalue weighted by Gasteiger charge is -2.37. The van der Waals surface area contributed by atoms with Crippen LogP contribution in [0.4, 0.5) is 11.4 Å². The lowest BCUT2D eigenvalue weighted by molar-refractivity contribution is -0.384. The van der Waals surface area contributed by atoms with Gasteiger partial charge in [-0.25, -0.2) is 0 Å². The number of nitro benzene ring substituents is 1. The van der Waals surface area contributed by atoms with Crippen LogP contribution in [0.25, 0.3) is 0 Å². The van der Waals surface area contributed by atoms with Crippen molar-refractivity contribution in [2.75, 3.05) is 50.8 Å². The molecule has 2 aliphatic heterocycles. The summed E-state index contributed by atoms with van der Waals surface area (Å²) in [7, 11) is 0. The van der Waals surface area contributed by atoms with E-state index in [1.54, 1.807) is 6.07 Å². The van der Waals surface area contributed by atoms with Gasteiger partial charge in [-0.1, -0.05) is 11.6 Å². The molecule has 0 N–H and O–H groups in total. The van der Waals surface area contributed by atoms with Crippen molar-refractivity contribution in [1.29, 1.82) is 0 Å². The Morgan fingerprint density at radius 1 is 1.25 bits per heavy atom. The number of non-ortho nitro benzene ring substituents is 1. The molecule has 0 aliphatic carbocycles. The zero-order chi connectivity index (χ0) is 17.1. The predicted octanol–water partition coefficient (Wildman–Crippen LogP) is 3.11. The fraction of sp³-hybridized carbons (Fsp3) is 0.647. The number of aryl methyl sites for hydroxylation is 1. The van der Waals surface area contributed by atoms with Crippen LogP contribution in [0, 0.1) is 23.0 Å². The van der Waals surface area contributed by atoms with Crippen molar-refractivity contribution in [1.82, 2.24) is 4.90 Å². The van der Waals surface area contributed by atoms with Crippen LogP contribution >= 0.6 is 11.6 Å². The molecule has 0 radical (unpaired) electrons. The zero-order valence-electron chi connectivity index (χ0n) is 14.0. The van der Waals surface area contributed by atoms with Gasteiger partial charge in [0.2, 0.25) is 0 Å². The zero-order valence-corrected chi connectivity index (χ0v) is 14.8. The third kappa shape index (κ3) is 3.99. The van der Waals surface area contributed by atoms with Crippen molar-refractivity contribution in [3.63, 3.8) is 0 Å². The molecule has 6 nitrogen and oxygen atoms in total. The Morgan fingerprint density at radius 3 is 2.50 bits per heavy atom. The number of rotatable bonds is 4. The first-order chi connectivity index (χ1) is 11.5. The van der Waals surface area contributed by atoms with Gasteiger partial charge in [-0.15, -0.1) is 0 Å². The highest BCUT2D eigenvalue weighted by Gasteiger charge is 2.25. The maximum Gasteiger partial charge on any atom is 0.271 e. The van der Waals surface area contributed by atoms with Gasteiger partial charge in [0.1, 0.15) is 0 Å². The first-order valence-electron chi connectivity index (χ1n) is 8.54. The minimum absolute atomic E-state index is 0.0588. The molecule has 2 saturated heterocycles. The van der Waals surface area contributed by atoms with Gasteiger partial charge in [0.05, 0.1) is 28.8 Å². The second-order valence-corrected chi connectivity index (χ2v) is 7.10. The van der Waals surface area contributed by atoms with E-state index in [1.807, 2.05) is 6.92 Å². The van der Waals surface area contributed by atoms with Gasteiger partial charge in [0.25, 0.3) is 5.69 Å². The summed E-state index contributed by atoms with van der Waals surface area (Å²) in [5, 5.41) is 11.4. The minimum Gasteiger partial charge on any atom is -0.379 e. The van der Waals surface area contributed by atoms with Crippen molar-refractivity contribution in [2.24, 2.45) is 5.92 Å². The van der Waals surface area contributed by atoms with Crippen LogP contribution in [0.1, 0.15) is 18.4 Å². The Balaban J connectivity index is 1.61. The SMILES string of the molecule is Cc1cc([N+](=O)[O-])cc(Cl)c1N1CCC(CN2CCOCC2)CC1. The number of hydrogen-bond acceptors (Lipinski definition) is 5. The molecule has 2 heterocycles. The van der Waals surface area contributed by atoms with Crippen molar-refractivity contribution in [2.45, 2.75) is 19.8 Å². The molecule has 0 unspecified atom stereocenters. The molecule has 0 amide bonds. The molecule has 2 fully saturated rings. The number of morpholine rings is 1. The van der Waals surface area contributed by atoms with Crippen molar-refractivity contribution in [3.05, 3.63) is 32.8 Å². The fourth-order valence-corrected chi connectivity index (χ4v) is 4.09. The van der Waals surface area contributed by atoms with Crippen molar-refractivity contribution in [3.8, 4) is 0 Å². The third-order valence-corrected chi connectivity index (χ3v) is 5.29. The second kappa shape index (κ2) is 7.68. The number of nitro groups is 1. The van der Waals surface area contributed by atoms with E-state index in [4.69, 9.17) is 16.3 Å². The second-order valence-electron chi connectivity index (χ2n) is 6.69. The Labute approximate surface area is 147 Å². The lowest BCUT2D eigenvalue weighted by atomic mass is 9.95. The van der Waals surface area contributed by atoms with Crippen LogP contribution in [0.5, 0.6) is 0 Å². The highest BCUT2D eigenvalue weighted by atomic mass is 35.5. The predicted molar refractivity (Wildman–Crippen MR) is 95.0 cm³/mol. The van der Waals surface area contributed by atoms with E-state index in [-0.39, 0.29) is 5.69 Å². The number of nitrogens with zero attached hydrogens (tertiary/aromatic N) is 3. The Bertz CT molecular complexity index is 574. The van der Waals surface area contributed by atoms with Crippen LogP contribution in [-0.4, -0.2) is 55.8 Å². The number of anilines is 1. The highest BCUT2D eigenvalue weighted by molar-refractivity contribution is 6.33. The van der Waals surface area contributed by atoms with Gasteiger partial charge in [0, 0.05) is 44.9 Å². The Morgan fingerprint density at radius 2 is 1.92 bits per heavy atom. The summed E-state index contributed by atoms with van der Waals surface area (Å²) < 4.78 is 5.40. The number of halogens is 1. The number of benzene rings is 1. The van der Waals surface area contributed by atoms with E-state index in [2.05, 4.69) is 9.80 Å². The van der Waals surface area contributed by atoms with E-state index in [1.165, 1.54) is 6.07 Å². The summed E-state index contributed by atoms with van der Waals surface area (Å²) in [6.45, 7) is 8.70. The van der Waals surface area contributed by atoms with Crippen molar-refractivity contribution < 1.29 is 9.66 Å². The quantitative estimate of drug-likeness (QED) is 0.615. The van der Waals surface area contributed by atoms with Gasteiger partial charge in [-0.3, -0.25) is 15.0 Å². The molecule has 0 saturated carbocycles. The first kappa shape index (κ1) is 17.5. The third-order valence-electron chi connectivity index (χ3n) is 5.00. The minimum atomic E-state index is -0.392. The molecule has 3 rings (SSSR count). The average molecular weight is 354 g/mol. The van der Waals surface area contributed by atoms with Crippen LogP contribution < -0.4 is 4.90 Å². The van der Waals surface area contributed by atoms with Crippen LogP contribution in [0.15, 0.2) is 12.1 Å². The number of hydrogen-bond donors (Lipinski definition) is 0. The topological polar surface area (TPSA) is 58.9 Å². The molecule has 132 valence electrons. The molecule has 0 bridgehead atoms. The smallest absolute Gasteiger partial charge is 0.271 e. The molecular weight excluding hydrogens is 330 g/mol. The van der Waals surface area contributed by atoms with Crippen LogP contribution in [0.3, 0.4) is 0 Å². The van der Waals surface area contributed by atoms with Gasteiger partial charge < -0.3 is 9.64 Å². The van der Waals surface area contributed by atoms with Crippen LogP contribution in [0.2, 0.25) is 5.02 Å². The molecule has 24 heavy (non-hydrogen) atoms. The van der Waals surface area contributed by atoms with Gasteiger partial charge in [-0.05, 0) is 31.2 Å². The fourth-order valence-electron chi connectivity index (χ4n) is 3.71. The van der Waals surface area contributed by atoms with Gasteiger partial charge in [0.15, 0.2) is 0 Å². The average Bonchev–Trinajstić information content (AvgIpc) is 2.56. The summed E-state index contributed by atoms with van der Waals surface area (Å²) in [5.41, 5.74) is 1.89. The Hall–Kier alpha value is -1.37. The van der Waals surface area contributed by atoms with Crippen molar-refractivity contribution >= 4 is 23.0 Å². The normalized spacial score (nSPS) is 20.3. The van der Waals surface area contributed by atoms with E-state index in [9.17, 15) is 10.1 Å². The van der Waals surface area contributed by atoms with E-state index >= 15 is 0 Å². The molecular formula is C17H24ClN3O3. The molecule has 2 aliphatic rings. The number of ether oxygens (including phenoxy) is 1. The summed E-state index contributed by atoms with van der Waals surface area (Å²) in [4.78, 5) is 15.3. The molecule has 1 aromatic carbocycles. The van der Waals surface area contributed by atoms with E-state index in [0.29, 0.717) is 10.9 Å². The summed E-state index contributed by atoms with van der Waals surface area (Å²) in [6.07, 6.45) is 2.26. The number of piperidine rings is 1. The molecule has 0 atom stereocenters. The van der Waals surface area contributed by atoms with E-state index < -0.39 is 4.92 Å². The lowest BCUT2D eigenvalue weighted by Crippen LogP contribution is -2.43. The highest BCUT2D eigenvalue weighted by Crippen LogP contribution is 2.36. The first-order valence-corrected chi connectivity index (χ1v) is 8.92. The molecule has 0 spiro atoms. The summed E-state index contributed by atoms with van der Waals surface area (Å²) in [5.74, 6) is 0.705.